The van der Waals surface area contributed by atoms with Crippen molar-refractivity contribution < 1.29 is 14.3 Å². The molecule has 0 saturated carbocycles. The second-order valence-electron chi connectivity index (χ2n) is 7.40. The minimum Gasteiger partial charge on any atom is -0.482 e. The van der Waals surface area contributed by atoms with Gasteiger partial charge in [-0.3, -0.25) is 9.59 Å². The first-order chi connectivity index (χ1) is 14.2. The Hall–Kier alpha value is -3.60. The number of fused-ring (bicyclic) bond motifs is 2. The summed E-state index contributed by atoms with van der Waals surface area (Å²) in [6, 6.07) is 23.8. The molecule has 5 heteroatoms. The molecule has 1 unspecified atom stereocenters. The molecule has 1 N–H and O–H groups in total. The first-order valence-electron chi connectivity index (χ1n) is 9.68. The maximum absolute atomic E-state index is 13.3. The highest BCUT2D eigenvalue weighted by atomic mass is 16.5. The Bertz CT molecular complexity index is 1090. The average molecular weight is 384 g/mol. The standard InChI is InChI=1S/C24H20N2O3/c27-23-15-29-22-12-17(10-11-21(22)25-23)24(28)26-13-18-8-4-5-9-19(18)20(14-26)16-6-2-1-3-7-16/h1-12,20H,13-15H2,(H,25,27). The van der Waals surface area contributed by atoms with Crippen molar-refractivity contribution in [2.75, 3.05) is 18.5 Å². The summed E-state index contributed by atoms with van der Waals surface area (Å²) in [5.74, 6) is 0.449. The Morgan fingerprint density at radius 3 is 2.66 bits per heavy atom. The van der Waals surface area contributed by atoms with Crippen LogP contribution in [0.1, 0.15) is 33.0 Å². The molecule has 144 valence electrons. The van der Waals surface area contributed by atoms with Crippen molar-refractivity contribution in [3.8, 4) is 5.75 Å². The Labute approximate surface area is 168 Å². The normalized spacial score (nSPS) is 17.6. The van der Waals surface area contributed by atoms with E-state index >= 15 is 0 Å². The van der Waals surface area contributed by atoms with Gasteiger partial charge in [-0.15, -0.1) is 0 Å². The topological polar surface area (TPSA) is 58.6 Å². The number of hydrogen-bond donors (Lipinski definition) is 1. The summed E-state index contributed by atoms with van der Waals surface area (Å²) in [5.41, 5.74) is 4.81. The Morgan fingerprint density at radius 1 is 1.00 bits per heavy atom. The number of benzene rings is 3. The lowest BCUT2D eigenvalue weighted by molar-refractivity contribution is -0.118. The van der Waals surface area contributed by atoms with Crippen LogP contribution >= 0.6 is 0 Å². The lowest BCUT2D eigenvalue weighted by Crippen LogP contribution is -2.38. The number of anilines is 1. The van der Waals surface area contributed by atoms with Crippen molar-refractivity contribution in [1.82, 2.24) is 4.90 Å². The van der Waals surface area contributed by atoms with E-state index in [1.165, 1.54) is 16.7 Å². The summed E-state index contributed by atoms with van der Waals surface area (Å²) in [4.78, 5) is 26.7. The molecule has 1 atom stereocenters. The molecule has 2 aliphatic rings. The molecule has 0 saturated heterocycles. The minimum absolute atomic E-state index is 0.0299. The predicted molar refractivity (Wildman–Crippen MR) is 110 cm³/mol. The van der Waals surface area contributed by atoms with E-state index in [2.05, 4.69) is 35.6 Å². The van der Waals surface area contributed by atoms with Crippen molar-refractivity contribution >= 4 is 17.5 Å². The Balaban J connectivity index is 1.47. The number of nitrogens with one attached hydrogen (secondary N) is 1. The van der Waals surface area contributed by atoms with Crippen LogP contribution in [-0.2, 0) is 11.3 Å². The molecular weight excluding hydrogens is 364 g/mol. The van der Waals surface area contributed by atoms with Gasteiger partial charge in [0, 0.05) is 24.6 Å². The summed E-state index contributed by atoms with van der Waals surface area (Å²) in [6.45, 7) is 1.17. The molecule has 2 heterocycles. The molecule has 0 spiro atoms. The van der Waals surface area contributed by atoms with Gasteiger partial charge >= 0.3 is 0 Å². The third kappa shape index (κ3) is 3.25. The van der Waals surface area contributed by atoms with Gasteiger partial charge in [0.25, 0.3) is 11.8 Å². The van der Waals surface area contributed by atoms with Gasteiger partial charge in [0.1, 0.15) is 5.75 Å². The van der Waals surface area contributed by atoms with Gasteiger partial charge in [-0.25, -0.2) is 0 Å². The average Bonchev–Trinajstić information content (AvgIpc) is 2.78. The number of carbonyl (C=O) groups excluding carboxylic acids is 2. The lowest BCUT2D eigenvalue weighted by atomic mass is 9.84. The third-order valence-corrected chi connectivity index (χ3v) is 5.55. The molecule has 0 radical (unpaired) electrons. The molecule has 5 nitrogen and oxygen atoms in total. The quantitative estimate of drug-likeness (QED) is 0.731. The second-order valence-corrected chi connectivity index (χ2v) is 7.40. The van der Waals surface area contributed by atoms with Crippen LogP contribution in [0.5, 0.6) is 5.75 Å². The Kier molecular flexibility index (Phi) is 4.28. The number of amides is 2. The van der Waals surface area contributed by atoms with E-state index in [1.54, 1.807) is 18.2 Å². The highest BCUT2D eigenvalue weighted by Crippen LogP contribution is 2.35. The molecule has 3 aromatic carbocycles. The number of ether oxygens (including phenoxy) is 1. The summed E-state index contributed by atoms with van der Waals surface area (Å²) in [7, 11) is 0. The summed E-state index contributed by atoms with van der Waals surface area (Å²) in [6.07, 6.45) is 0. The van der Waals surface area contributed by atoms with Crippen LogP contribution in [-0.4, -0.2) is 29.9 Å². The Morgan fingerprint density at radius 2 is 1.79 bits per heavy atom. The van der Waals surface area contributed by atoms with E-state index in [-0.39, 0.29) is 24.3 Å². The van der Waals surface area contributed by atoms with Crippen LogP contribution in [0.15, 0.2) is 72.8 Å². The molecule has 0 aliphatic carbocycles. The van der Waals surface area contributed by atoms with Gasteiger partial charge in [-0.2, -0.15) is 0 Å². The van der Waals surface area contributed by atoms with Crippen LogP contribution in [0.3, 0.4) is 0 Å². The number of nitrogens with zero attached hydrogens (tertiary/aromatic N) is 1. The number of carbonyl (C=O) groups is 2. The van der Waals surface area contributed by atoms with Crippen molar-refractivity contribution in [2.45, 2.75) is 12.5 Å². The largest absolute Gasteiger partial charge is 0.482 e. The predicted octanol–water partition coefficient (Wildman–Crippen LogP) is 3.81. The summed E-state index contributed by atoms with van der Waals surface area (Å²) in [5, 5.41) is 2.76. The third-order valence-electron chi connectivity index (χ3n) is 5.55. The summed E-state index contributed by atoms with van der Waals surface area (Å²) < 4.78 is 5.48. The smallest absolute Gasteiger partial charge is 0.262 e. The van der Waals surface area contributed by atoms with Gasteiger partial charge in [-0.1, -0.05) is 54.6 Å². The van der Waals surface area contributed by atoms with E-state index in [0.717, 1.165) is 0 Å². The van der Waals surface area contributed by atoms with E-state index in [4.69, 9.17) is 4.74 Å². The first kappa shape index (κ1) is 17.5. The van der Waals surface area contributed by atoms with Gasteiger partial charge in [0.15, 0.2) is 6.61 Å². The monoisotopic (exact) mass is 384 g/mol. The molecule has 5 rings (SSSR count). The zero-order valence-electron chi connectivity index (χ0n) is 15.8. The molecule has 0 fully saturated rings. The lowest BCUT2D eigenvalue weighted by Gasteiger charge is -2.35. The molecule has 0 bridgehead atoms. The van der Waals surface area contributed by atoms with E-state index < -0.39 is 0 Å². The maximum Gasteiger partial charge on any atom is 0.262 e. The number of hydrogen-bond acceptors (Lipinski definition) is 3. The van der Waals surface area contributed by atoms with Gasteiger partial charge in [-0.05, 0) is 34.9 Å². The molecular formula is C24H20N2O3. The van der Waals surface area contributed by atoms with Crippen molar-refractivity contribution in [2.24, 2.45) is 0 Å². The second kappa shape index (κ2) is 7.09. The van der Waals surface area contributed by atoms with Crippen LogP contribution in [0, 0.1) is 0 Å². The fourth-order valence-electron chi connectivity index (χ4n) is 4.12. The van der Waals surface area contributed by atoms with E-state index in [0.29, 0.717) is 30.1 Å². The number of rotatable bonds is 2. The first-order valence-corrected chi connectivity index (χ1v) is 9.68. The molecule has 0 aromatic heterocycles. The van der Waals surface area contributed by atoms with E-state index in [9.17, 15) is 9.59 Å². The van der Waals surface area contributed by atoms with Crippen molar-refractivity contribution in [3.05, 3.63) is 95.1 Å². The van der Waals surface area contributed by atoms with Crippen LogP contribution in [0.4, 0.5) is 5.69 Å². The molecule has 2 aliphatic heterocycles. The van der Waals surface area contributed by atoms with Crippen LogP contribution in [0.2, 0.25) is 0 Å². The molecule has 3 aromatic rings. The zero-order valence-corrected chi connectivity index (χ0v) is 15.8. The SMILES string of the molecule is O=C1COc2cc(C(=O)N3Cc4ccccc4C(c4ccccc4)C3)ccc2N1. The summed E-state index contributed by atoms with van der Waals surface area (Å²) >= 11 is 0. The van der Waals surface area contributed by atoms with Crippen molar-refractivity contribution in [1.29, 1.82) is 0 Å². The molecule has 29 heavy (non-hydrogen) atoms. The molecule has 2 amide bonds. The highest BCUT2D eigenvalue weighted by molar-refractivity contribution is 5.99. The highest BCUT2D eigenvalue weighted by Gasteiger charge is 2.30. The van der Waals surface area contributed by atoms with Gasteiger partial charge in [0.05, 0.1) is 5.69 Å². The van der Waals surface area contributed by atoms with Gasteiger partial charge < -0.3 is 15.0 Å². The van der Waals surface area contributed by atoms with Gasteiger partial charge in [0.2, 0.25) is 0 Å². The van der Waals surface area contributed by atoms with E-state index in [1.807, 2.05) is 29.2 Å². The fourth-order valence-corrected chi connectivity index (χ4v) is 4.12. The fraction of sp³-hybridized carbons (Fsp3) is 0.167. The van der Waals surface area contributed by atoms with Crippen LogP contribution in [0.25, 0.3) is 0 Å². The minimum atomic E-state index is -0.185. The maximum atomic E-state index is 13.3. The van der Waals surface area contributed by atoms with Crippen LogP contribution < -0.4 is 10.1 Å². The zero-order chi connectivity index (χ0) is 19.8. The van der Waals surface area contributed by atoms with Crippen molar-refractivity contribution in [3.63, 3.8) is 0 Å².